The molecule has 0 aromatic rings. The maximum Gasteiger partial charge on any atom is 0.149 e. The van der Waals surface area contributed by atoms with Crippen molar-refractivity contribution >= 4 is 6.29 Å². The molecule has 0 aliphatic carbocycles. The Kier molecular flexibility index (Phi) is 3.40. The van der Waals surface area contributed by atoms with Gasteiger partial charge in [-0.05, 0) is 25.2 Å². The van der Waals surface area contributed by atoms with E-state index < -0.39 is 0 Å². The molecule has 0 amide bonds. The molecule has 0 saturated heterocycles. The molecular weight excluding hydrogens is 181 g/mol. The summed E-state index contributed by atoms with van der Waals surface area (Å²) < 4.78 is 13.3. The van der Waals surface area contributed by atoms with Gasteiger partial charge in [0.1, 0.15) is 12.1 Å². The number of allylic oxidation sites excluding steroid dienone is 6. The number of aldehydes is 1. The first kappa shape index (κ1) is 10.4. The largest absolute Gasteiger partial charge is 0.349 e. The van der Waals surface area contributed by atoms with Gasteiger partial charge < -0.3 is 4.90 Å². The van der Waals surface area contributed by atoms with Crippen LogP contribution in [0.1, 0.15) is 6.92 Å². The van der Waals surface area contributed by atoms with Gasteiger partial charge in [0.25, 0.3) is 0 Å². The van der Waals surface area contributed by atoms with Gasteiger partial charge in [-0.25, -0.2) is 4.39 Å². The van der Waals surface area contributed by atoms with Crippen molar-refractivity contribution in [2.75, 3.05) is 7.05 Å². The second-order valence-corrected chi connectivity index (χ2v) is 2.90. The van der Waals surface area contributed by atoms with Crippen LogP contribution in [0.25, 0.3) is 0 Å². The highest BCUT2D eigenvalue weighted by molar-refractivity contribution is 5.77. The zero-order valence-electron chi connectivity index (χ0n) is 8.20. The number of hydrogen-bond acceptors (Lipinski definition) is 2. The summed E-state index contributed by atoms with van der Waals surface area (Å²) in [7, 11) is 1.73. The number of hydrogen-bond donors (Lipinski definition) is 0. The average Bonchev–Trinajstić information content (AvgIpc) is 2.18. The average molecular weight is 193 g/mol. The molecule has 2 nitrogen and oxygen atoms in total. The van der Waals surface area contributed by atoms with Crippen LogP contribution < -0.4 is 0 Å². The molecule has 0 bridgehead atoms. The van der Waals surface area contributed by atoms with Crippen molar-refractivity contribution in [2.45, 2.75) is 6.92 Å². The van der Waals surface area contributed by atoms with Crippen LogP contribution in [0, 0.1) is 0 Å². The second kappa shape index (κ2) is 4.56. The maximum absolute atomic E-state index is 13.3. The Morgan fingerprint density at radius 3 is 2.79 bits per heavy atom. The molecule has 0 atom stereocenters. The number of likely N-dealkylation sites (N-methyl/N-ethyl adjacent to an activating group) is 1. The summed E-state index contributed by atoms with van der Waals surface area (Å²) in [6.07, 6.45) is 8.56. The Balaban J connectivity index is 3.02. The fourth-order valence-electron chi connectivity index (χ4n) is 1.10. The number of halogens is 1. The van der Waals surface area contributed by atoms with Crippen LogP contribution in [0.3, 0.4) is 0 Å². The summed E-state index contributed by atoms with van der Waals surface area (Å²) in [6, 6.07) is 0. The van der Waals surface area contributed by atoms with Crippen molar-refractivity contribution in [3.63, 3.8) is 0 Å². The molecule has 74 valence electrons. The van der Waals surface area contributed by atoms with Crippen LogP contribution >= 0.6 is 0 Å². The number of carbonyl (C=O) groups is 1. The number of nitrogens with zero attached hydrogens (tertiary/aromatic N) is 1. The fourth-order valence-corrected chi connectivity index (χ4v) is 1.10. The molecule has 0 radical (unpaired) electrons. The molecule has 1 rings (SSSR count). The molecular formula is C11H12FNO. The van der Waals surface area contributed by atoms with Crippen LogP contribution in [0.15, 0.2) is 47.6 Å². The van der Waals surface area contributed by atoms with Crippen LogP contribution in [-0.4, -0.2) is 18.2 Å². The van der Waals surface area contributed by atoms with Crippen molar-refractivity contribution in [3.8, 4) is 0 Å². The van der Waals surface area contributed by atoms with E-state index in [0.29, 0.717) is 17.6 Å². The minimum absolute atomic E-state index is 0.337. The van der Waals surface area contributed by atoms with Crippen molar-refractivity contribution in [1.29, 1.82) is 0 Å². The molecule has 0 fully saturated rings. The van der Waals surface area contributed by atoms with E-state index in [2.05, 4.69) is 0 Å². The molecule has 1 aliphatic rings. The minimum atomic E-state index is -0.337. The summed E-state index contributed by atoms with van der Waals surface area (Å²) in [5, 5.41) is 0. The highest BCUT2D eigenvalue weighted by atomic mass is 19.1. The molecule has 0 spiro atoms. The lowest BCUT2D eigenvalue weighted by atomic mass is 10.2. The van der Waals surface area contributed by atoms with E-state index in [-0.39, 0.29) is 5.83 Å². The van der Waals surface area contributed by atoms with Gasteiger partial charge in [-0.3, -0.25) is 4.79 Å². The first-order valence-corrected chi connectivity index (χ1v) is 4.29. The van der Waals surface area contributed by atoms with E-state index in [1.165, 1.54) is 12.2 Å². The Hall–Kier alpha value is -1.64. The second-order valence-electron chi connectivity index (χ2n) is 2.90. The lowest BCUT2D eigenvalue weighted by molar-refractivity contribution is -0.104. The number of carbonyl (C=O) groups excluding carboxylic acids is 1. The lowest BCUT2D eigenvalue weighted by Gasteiger charge is -2.19. The number of rotatable bonds is 2. The summed E-state index contributed by atoms with van der Waals surface area (Å²) in [4.78, 5) is 12.2. The van der Waals surface area contributed by atoms with E-state index in [0.717, 1.165) is 0 Å². The van der Waals surface area contributed by atoms with Crippen molar-refractivity contribution < 1.29 is 9.18 Å². The summed E-state index contributed by atoms with van der Waals surface area (Å²) in [5.41, 5.74) is 0.860. The van der Waals surface area contributed by atoms with Gasteiger partial charge in [-0.1, -0.05) is 6.08 Å². The summed E-state index contributed by atoms with van der Waals surface area (Å²) >= 11 is 0. The Morgan fingerprint density at radius 1 is 1.57 bits per heavy atom. The molecule has 0 aromatic carbocycles. The van der Waals surface area contributed by atoms with Gasteiger partial charge in [0.05, 0.1) is 5.70 Å². The van der Waals surface area contributed by atoms with E-state index in [4.69, 9.17) is 0 Å². The van der Waals surface area contributed by atoms with Gasteiger partial charge >= 0.3 is 0 Å². The van der Waals surface area contributed by atoms with E-state index in [9.17, 15) is 9.18 Å². The molecule has 0 unspecified atom stereocenters. The Labute approximate surface area is 82.7 Å². The van der Waals surface area contributed by atoms with Gasteiger partial charge in [0.15, 0.2) is 0 Å². The zero-order valence-corrected chi connectivity index (χ0v) is 8.20. The third-order valence-electron chi connectivity index (χ3n) is 1.95. The Morgan fingerprint density at radius 2 is 2.29 bits per heavy atom. The molecule has 1 heterocycles. The first-order chi connectivity index (χ1) is 6.69. The lowest BCUT2D eigenvalue weighted by Crippen LogP contribution is -2.13. The quantitative estimate of drug-likeness (QED) is 0.495. The van der Waals surface area contributed by atoms with Gasteiger partial charge in [-0.2, -0.15) is 0 Å². The SMILES string of the molecule is CC=C(C=O)/C=C1/C(F)=CC=CN1C. The van der Waals surface area contributed by atoms with E-state index in [1.54, 1.807) is 37.2 Å². The fraction of sp³-hybridized carbons (Fsp3) is 0.182. The molecule has 0 aromatic heterocycles. The Bertz CT molecular complexity index is 350. The summed E-state index contributed by atoms with van der Waals surface area (Å²) in [5.74, 6) is -0.337. The zero-order chi connectivity index (χ0) is 10.6. The highest BCUT2D eigenvalue weighted by Crippen LogP contribution is 2.20. The van der Waals surface area contributed by atoms with Crippen LogP contribution in [0.5, 0.6) is 0 Å². The van der Waals surface area contributed by atoms with Crippen LogP contribution in [0.2, 0.25) is 0 Å². The van der Waals surface area contributed by atoms with Crippen molar-refractivity contribution in [1.82, 2.24) is 4.90 Å². The van der Waals surface area contributed by atoms with Gasteiger partial charge in [0, 0.05) is 18.8 Å². The van der Waals surface area contributed by atoms with E-state index >= 15 is 0 Å². The van der Waals surface area contributed by atoms with Crippen molar-refractivity contribution in [2.24, 2.45) is 0 Å². The highest BCUT2D eigenvalue weighted by Gasteiger charge is 2.11. The molecule has 0 N–H and O–H groups in total. The minimum Gasteiger partial charge on any atom is -0.349 e. The molecule has 0 saturated carbocycles. The smallest absolute Gasteiger partial charge is 0.149 e. The van der Waals surface area contributed by atoms with Crippen LogP contribution in [-0.2, 0) is 4.79 Å². The topological polar surface area (TPSA) is 20.3 Å². The van der Waals surface area contributed by atoms with Gasteiger partial charge in [0.2, 0.25) is 0 Å². The molecule has 3 heteroatoms. The summed E-state index contributed by atoms with van der Waals surface area (Å²) in [6.45, 7) is 1.74. The normalized spacial score (nSPS) is 19.9. The van der Waals surface area contributed by atoms with Crippen molar-refractivity contribution in [3.05, 3.63) is 47.6 Å². The maximum atomic E-state index is 13.3. The predicted molar refractivity (Wildman–Crippen MR) is 54.0 cm³/mol. The van der Waals surface area contributed by atoms with E-state index in [1.807, 2.05) is 0 Å². The van der Waals surface area contributed by atoms with Gasteiger partial charge in [-0.15, -0.1) is 0 Å². The third kappa shape index (κ3) is 2.19. The third-order valence-corrected chi connectivity index (χ3v) is 1.95. The predicted octanol–water partition coefficient (Wildman–Crippen LogP) is 2.33. The first-order valence-electron chi connectivity index (χ1n) is 4.29. The monoisotopic (exact) mass is 193 g/mol. The molecule has 1 aliphatic heterocycles. The molecule has 14 heavy (non-hydrogen) atoms. The van der Waals surface area contributed by atoms with Crippen LogP contribution in [0.4, 0.5) is 4.39 Å². The standard InChI is InChI=1S/C11H12FNO/c1-3-9(8-14)7-11-10(12)5-4-6-13(11)2/h3-8H,1-2H3/b9-3?,11-7-.